The van der Waals surface area contributed by atoms with Gasteiger partial charge in [0, 0.05) is 23.8 Å². The van der Waals surface area contributed by atoms with E-state index in [0.29, 0.717) is 5.57 Å². The van der Waals surface area contributed by atoms with Gasteiger partial charge in [0.2, 0.25) is 0 Å². The van der Waals surface area contributed by atoms with Crippen LogP contribution in [0.2, 0.25) is 0 Å². The van der Waals surface area contributed by atoms with Crippen LogP contribution in [0.4, 0.5) is 0 Å². The highest BCUT2D eigenvalue weighted by Crippen LogP contribution is 2.64. The lowest BCUT2D eigenvalue weighted by atomic mass is 9.75. The summed E-state index contributed by atoms with van der Waals surface area (Å²) >= 11 is 0. The molecule has 0 aromatic heterocycles. The van der Waals surface area contributed by atoms with Crippen molar-refractivity contribution >= 4 is 5.97 Å². The Morgan fingerprint density at radius 1 is 1.42 bits per heavy atom. The lowest BCUT2D eigenvalue weighted by Gasteiger charge is -2.37. The van der Waals surface area contributed by atoms with E-state index >= 15 is 0 Å². The molecule has 7 atom stereocenters. The van der Waals surface area contributed by atoms with Gasteiger partial charge in [0.15, 0.2) is 0 Å². The van der Waals surface area contributed by atoms with E-state index in [0.717, 1.165) is 19.3 Å². The van der Waals surface area contributed by atoms with Crippen LogP contribution in [0.3, 0.4) is 0 Å². The Labute approximate surface area is 112 Å². The molecule has 2 aliphatic carbocycles. The average Bonchev–Trinajstić information content (AvgIpc) is 2.85. The number of carbonyl (C=O) groups is 1. The molecule has 4 rings (SSSR count). The minimum absolute atomic E-state index is 0.0498. The second kappa shape index (κ2) is 3.23. The zero-order chi connectivity index (χ0) is 13.6. The van der Waals surface area contributed by atoms with E-state index in [1.807, 2.05) is 0 Å². The average molecular weight is 264 g/mol. The van der Waals surface area contributed by atoms with Gasteiger partial charge in [-0.25, -0.2) is 4.79 Å². The van der Waals surface area contributed by atoms with Gasteiger partial charge in [0.25, 0.3) is 0 Å². The molecule has 4 nitrogen and oxygen atoms in total. The van der Waals surface area contributed by atoms with E-state index in [9.17, 15) is 9.90 Å². The Morgan fingerprint density at radius 2 is 2.16 bits per heavy atom. The highest BCUT2D eigenvalue weighted by molar-refractivity contribution is 5.90. The minimum atomic E-state index is -0.672. The van der Waals surface area contributed by atoms with E-state index in [-0.39, 0.29) is 41.5 Å². The molecule has 2 heterocycles. The smallest absolute Gasteiger partial charge is 0.334 e. The number of carbonyl (C=O) groups excluding carboxylic acids is 1. The molecular weight excluding hydrogens is 244 g/mol. The van der Waals surface area contributed by atoms with E-state index in [2.05, 4.69) is 20.4 Å². The van der Waals surface area contributed by atoms with Crippen LogP contribution in [0.25, 0.3) is 0 Å². The van der Waals surface area contributed by atoms with Gasteiger partial charge in [-0.15, -0.1) is 0 Å². The summed E-state index contributed by atoms with van der Waals surface area (Å²) < 4.78 is 11.2. The van der Waals surface area contributed by atoms with Crippen molar-refractivity contribution in [1.82, 2.24) is 0 Å². The first-order valence-electron chi connectivity index (χ1n) is 7.16. The number of rotatable bonds is 0. The molecular formula is C15H20O4. The van der Waals surface area contributed by atoms with Crippen LogP contribution in [0.5, 0.6) is 0 Å². The first-order valence-corrected chi connectivity index (χ1v) is 7.16. The SMILES string of the molecule is C=C1C(=O)O[C@H]2C[C@H](C)[C@]3(O)C[C@H]4O[C@@]4(C)[C@@H]3C[C@H]12. The number of epoxide rings is 1. The number of ether oxygens (including phenoxy) is 2. The summed E-state index contributed by atoms with van der Waals surface area (Å²) in [6.45, 7) is 8.05. The largest absolute Gasteiger partial charge is 0.458 e. The van der Waals surface area contributed by atoms with Crippen molar-refractivity contribution in [2.75, 3.05) is 0 Å². The van der Waals surface area contributed by atoms with Crippen LogP contribution >= 0.6 is 0 Å². The Balaban J connectivity index is 1.73. The zero-order valence-corrected chi connectivity index (χ0v) is 11.4. The van der Waals surface area contributed by atoms with Crippen molar-refractivity contribution in [3.63, 3.8) is 0 Å². The number of esters is 1. The fourth-order valence-corrected chi connectivity index (χ4v) is 4.73. The molecule has 4 aliphatic rings. The van der Waals surface area contributed by atoms with Gasteiger partial charge in [-0.2, -0.15) is 0 Å². The molecule has 2 aliphatic heterocycles. The van der Waals surface area contributed by atoms with Gasteiger partial charge >= 0.3 is 5.97 Å². The highest BCUT2D eigenvalue weighted by atomic mass is 16.6. The summed E-state index contributed by atoms with van der Waals surface area (Å²) in [6.07, 6.45) is 2.28. The third kappa shape index (κ3) is 1.29. The quantitative estimate of drug-likeness (QED) is 0.408. The van der Waals surface area contributed by atoms with Crippen molar-refractivity contribution in [2.24, 2.45) is 17.8 Å². The molecule has 0 spiro atoms. The highest BCUT2D eigenvalue weighted by Gasteiger charge is 2.73. The zero-order valence-electron chi connectivity index (χ0n) is 11.4. The molecule has 0 bridgehead atoms. The van der Waals surface area contributed by atoms with Gasteiger partial charge in [-0.05, 0) is 25.7 Å². The Bertz CT molecular complexity index is 487. The summed E-state index contributed by atoms with van der Waals surface area (Å²) in [5.41, 5.74) is -0.299. The van der Waals surface area contributed by atoms with E-state index in [1.165, 1.54) is 0 Å². The molecule has 1 N–H and O–H groups in total. The first-order chi connectivity index (χ1) is 8.86. The second-order valence-electron chi connectivity index (χ2n) is 6.99. The van der Waals surface area contributed by atoms with Crippen LogP contribution in [0.15, 0.2) is 12.2 Å². The van der Waals surface area contributed by atoms with Crippen molar-refractivity contribution < 1.29 is 19.4 Å². The summed E-state index contributed by atoms with van der Waals surface area (Å²) in [4.78, 5) is 11.7. The van der Waals surface area contributed by atoms with Crippen molar-refractivity contribution in [2.45, 2.75) is 56.5 Å². The minimum Gasteiger partial charge on any atom is -0.458 e. The van der Waals surface area contributed by atoms with E-state index in [4.69, 9.17) is 9.47 Å². The van der Waals surface area contributed by atoms with Gasteiger partial charge in [0.1, 0.15) is 6.10 Å². The summed E-state index contributed by atoms with van der Waals surface area (Å²) in [5, 5.41) is 11.1. The van der Waals surface area contributed by atoms with Crippen LogP contribution < -0.4 is 0 Å². The second-order valence-corrected chi connectivity index (χ2v) is 6.99. The maximum Gasteiger partial charge on any atom is 0.334 e. The lowest BCUT2D eigenvalue weighted by Crippen LogP contribution is -2.45. The summed E-state index contributed by atoms with van der Waals surface area (Å²) in [6, 6.07) is 0. The molecule has 0 radical (unpaired) electrons. The Hall–Kier alpha value is -0.870. The van der Waals surface area contributed by atoms with Gasteiger partial charge in [-0.3, -0.25) is 0 Å². The van der Waals surface area contributed by atoms with Crippen LogP contribution in [-0.2, 0) is 14.3 Å². The predicted molar refractivity (Wildman–Crippen MR) is 67.2 cm³/mol. The molecule has 0 aromatic carbocycles. The monoisotopic (exact) mass is 264 g/mol. The van der Waals surface area contributed by atoms with Crippen LogP contribution in [0.1, 0.15) is 33.1 Å². The van der Waals surface area contributed by atoms with E-state index < -0.39 is 5.60 Å². The fourth-order valence-electron chi connectivity index (χ4n) is 4.73. The molecule has 2 saturated heterocycles. The molecule has 2 saturated carbocycles. The number of hydrogen-bond donors (Lipinski definition) is 1. The topological polar surface area (TPSA) is 59.1 Å². The molecule has 104 valence electrons. The van der Waals surface area contributed by atoms with Gasteiger partial charge < -0.3 is 14.6 Å². The maximum absolute atomic E-state index is 11.7. The molecule has 4 fully saturated rings. The van der Waals surface area contributed by atoms with Gasteiger partial charge in [0.05, 0.1) is 17.3 Å². The predicted octanol–water partition coefficient (Wildman–Crippen LogP) is 1.42. The maximum atomic E-state index is 11.7. The van der Waals surface area contributed by atoms with Crippen LogP contribution in [0, 0.1) is 17.8 Å². The molecule has 0 unspecified atom stereocenters. The lowest BCUT2D eigenvalue weighted by molar-refractivity contribution is -0.141. The fraction of sp³-hybridized carbons (Fsp3) is 0.800. The first kappa shape index (κ1) is 11.9. The number of fused-ring (bicyclic) bond motifs is 4. The normalized spacial score (nSPS) is 59.0. The third-order valence-corrected chi connectivity index (χ3v) is 6.13. The van der Waals surface area contributed by atoms with Crippen molar-refractivity contribution in [1.29, 1.82) is 0 Å². The molecule has 0 amide bonds. The molecule has 4 heteroatoms. The van der Waals surface area contributed by atoms with Gasteiger partial charge in [-0.1, -0.05) is 13.5 Å². The summed E-state index contributed by atoms with van der Waals surface area (Å²) in [7, 11) is 0. The third-order valence-electron chi connectivity index (χ3n) is 6.13. The standard InChI is InChI=1S/C15H20O4/c1-7-4-10-9(8(2)13(16)18-10)5-11-14(3)12(19-14)6-15(7,11)17/h7,9-12,17H,2,4-6H2,1,3H3/t7-,9+,10-,11-,12+,14-,15+/m0/s1. The summed E-state index contributed by atoms with van der Waals surface area (Å²) in [5.74, 6) is -0.00141. The number of aliphatic hydroxyl groups is 1. The van der Waals surface area contributed by atoms with Crippen molar-refractivity contribution in [3.05, 3.63) is 12.2 Å². The molecule has 19 heavy (non-hydrogen) atoms. The van der Waals surface area contributed by atoms with Crippen molar-refractivity contribution in [3.8, 4) is 0 Å². The Kier molecular flexibility index (Phi) is 2.03. The van der Waals surface area contributed by atoms with Crippen LogP contribution in [-0.4, -0.2) is 34.5 Å². The Morgan fingerprint density at radius 3 is 2.89 bits per heavy atom. The van der Waals surface area contributed by atoms with E-state index in [1.54, 1.807) is 0 Å². The molecule has 0 aromatic rings. The number of hydrogen-bond acceptors (Lipinski definition) is 4.